The molecule has 0 saturated heterocycles. The van der Waals surface area contributed by atoms with Crippen molar-refractivity contribution in [1.82, 2.24) is 19.1 Å². The van der Waals surface area contributed by atoms with Crippen LogP contribution in [0.3, 0.4) is 0 Å². The number of rotatable bonds is 5. The van der Waals surface area contributed by atoms with Gasteiger partial charge in [0.1, 0.15) is 11.6 Å². The first-order valence-corrected chi connectivity index (χ1v) is 11.8. The van der Waals surface area contributed by atoms with E-state index in [1.165, 1.54) is 20.9 Å². The molecular formula is C25H19ClN4O3S. The van der Waals surface area contributed by atoms with E-state index < -0.39 is 0 Å². The average molecular weight is 491 g/mol. The second-order valence-electron chi connectivity index (χ2n) is 7.57. The molecule has 0 aliphatic rings. The van der Waals surface area contributed by atoms with Crippen LogP contribution in [-0.4, -0.2) is 26.2 Å². The van der Waals surface area contributed by atoms with Gasteiger partial charge in [-0.1, -0.05) is 47.6 Å². The number of hydrogen-bond acceptors (Lipinski definition) is 6. The molecular weight excluding hydrogens is 472 g/mol. The molecule has 7 nitrogen and oxygen atoms in total. The summed E-state index contributed by atoms with van der Waals surface area (Å²) in [4.78, 5) is 35.8. The standard InChI is InChI=1S/C25H19ClN4O3S/c1-29-22(27-18-8-4-3-7-16(18)23(29)31)14-34-25-28-19-13-15(26)11-12-17(19)24(32)30(25)20-9-5-6-10-21(20)33-2/h3-13H,14H2,1-2H3. The summed E-state index contributed by atoms with van der Waals surface area (Å²) in [5, 5.41) is 1.93. The van der Waals surface area contributed by atoms with Gasteiger partial charge in [0.15, 0.2) is 5.16 Å². The molecule has 0 atom stereocenters. The molecule has 0 N–H and O–H groups in total. The molecule has 2 heterocycles. The summed E-state index contributed by atoms with van der Waals surface area (Å²) >= 11 is 7.48. The normalized spacial score (nSPS) is 11.3. The third kappa shape index (κ3) is 3.85. The average Bonchev–Trinajstić information content (AvgIpc) is 2.85. The van der Waals surface area contributed by atoms with Gasteiger partial charge in [0.2, 0.25) is 0 Å². The van der Waals surface area contributed by atoms with Crippen LogP contribution in [0.25, 0.3) is 27.5 Å². The van der Waals surface area contributed by atoms with E-state index in [9.17, 15) is 9.59 Å². The van der Waals surface area contributed by atoms with Gasteiger partial charge in [-0.05, 0) is 42.5 Å². The number of fused-ring (bicyclic) bond motifs is 2. The van der Waals surface area contributed by atoms with Crippen molar-refractivity contribution >= 4 is 45.2 Å². The molecule has 5 aromatic rings. The van der Waals surface area contributed by atoms with Gasteiger partial charge in [-0.15, -0.1) is 0 Å². The summed E-state index contributed by atoms with van der Waals surface area (Å²) in [7, 11) is 3.25. The minimum absolute atomic E-state index is 0.124. The van der Waals surface area contributed by atoms with Crippen LogP contribution in [0.5, 0.6) is 5.75 Å². The van der Waals surface area contributed by atoms with Gasteiger partial charge in [0, 0.05) is 12.1 Å². The first-order valence-electron chi connectivity index (χ1n) is 10.4. The van der Waals surface area contributed by atoms with Crippen LogP contribution in [0.15, 0.2) is 81.5 Å². The van der Waals surface area contributed by atoms with Gasteiger partial charge in [-0.2, -0.15) is 0 Å². The van der Waals surface area contributed by atoms with Crippen molar-refractivity contribution < 1.29 is 4.74 Å². The minimum atomic E-state index is -0.242. The smallest absolute Gasteiger partial charge is 0.266 e. The summed E-state index contributed by atoms with van der Waals surface area (Å²) in [5.74, 6) is 1.43. The molecule has 0 aliphatic heterocycles. The monoisotopic (exact) mass is 490 g/mol. The van der Waals surface area contributed by atoms with Crippen LogP contribution in [-0.2, 0) is 12.8 Å². The Labute approximate surface area is 203 Å². The van der Waals surface area contributed by atoms with Gasteiger partial charge < -0.3 is 4.74 Å². The number of methoxy groups -OCH3 is 1. The Hall–Kier alpha value is -3.62. The predicted octanol–water partition coefficient (Wildman–Crippen LogP) is 4.59. The van der Waals surface area contributed by atoms with E-state index in [0.29, 0.717) is 55.0 Å². The zero-order valence-electron chi connectivity index (χ0n) is 18.4. The predicted molar refractivity (Wildman–Crippen MR) is 135 cm³/mol. The number of hydrogen-bond donors (Lipinski definition) is 0. The summed E-state index contributed by atoms with van der Waals surface area (Å²) in [6, 6.07) is 19.5. The number of benzene rings is 3. The third-order valence-corrected chi connectivity index (χ3v) is 6.70. The minimum Gasteiger partial charge on any atom is -0.495 e. The Morgan fingerprint density at radius 3 is 2.47 bits per heavy atom. The quantitative estimate of drug-likeness (QED) is 0.265. The van der Waals surface area contributed by atoms with E-state index in [4.69, 9.17) is 21.3 Å². The SMILES string of the molecule is COc1ccccc1-n1c(SCc2nc3ccccc3c(=O)n2C)nc2cc(Cl)ccc2c1=O. The van der Waals surface area contributed by atoms with Crippen molar-refractivity contribution in [2.24, 2.45) is 7.05 Å². The summed E-state index contributed by atoms with van der Waals surface area (Å²) in [6.45, 7) is 0. The summed E-state index contributed by atoms with van der Waals surface area (Å²) in [6.07, 6.45) is 0. The highest BCUT2D eigenvalue weighted by Gasteiger charge is 2.18. The van der Waals surface area contributed by atoms with E-state index in [1.54, 1.807) is 50.6 Å². The van der Waals surface area contributed by atoms with E-state index in [0.717, 1.165) is 0 Å². The lowest BCUT2D eigenvalue weighted by Gasteiger charge is -2.16. The van der Waals surface area contributed by atoms with Crippen molar-refractivity contribution in [3.05, 3.63) is 98.3 Å². The summed E-state index contributed by atoms with van der Waals surface area (Å²) < 4.78 is 8.56. The lowest BCUT2D eigenvalue weighted by Crippen LogP contribution is -2.23. The second kappa shape index (κ2) is 8.96. The Morgan fingerprint density at radius 1 is 0.912 bits per heavy atom. The maximum Gasteiger partial charge on any atom is 0.266 e. The van der Waals surface area contributed by atoms with Crippen molar-refractivity contribution in [2.75, 3.05) is 7.11 Å². The molecule has 2 aromatic heterocycles. The number of halogens is 1. The molecule has 0 amide bonds. The van der Waals surface area contributed by atoms with E-state index in [2.05, 4.69) is 4.98 Å². The first kappa shape index (κ1) is 22.2. The van der Waals surface area contributed by atoms with E-state index in [-0.39, 0.29) is 11.1 Å². The molecule has 5 rings (SSSR count). The first-order chi connectivity index (χ1) is 16.5. The van der Waals surface area contributed by atoms with Gasteiger partial charge in [-0.3, -0.25) is 18.7 Å². The van der Waals surface area contributed by atoms with Crippen molar-refractivity contribution in [3.8, 4) is 11.4 Å². The molecule has 0 fully saturated rings. The number of aromatic nitrogens is 4. The molecule has 3 aromatic carbocycles. The fraction of sp³-hybridized carbons (Fsp3) is 0.120. The molecule has 9 heteroatoms. The Kier molecular flexibility index (Phi) is 5.85. The van der Waals surface area contributed by atoms with Crippen LogP contribution in [0.4, 0.5) is 0 Å². The third-order valence-electron chi connectivity index (χ3n) is 5.53. The Morgan fingerprint density at radius 2 is 1.65 bits per heavy atom. The Balaban J connectivity index is 1.67. The van der Waals surface area contributed by atoms with Crippen molar-refractivity contribution in [2.45, 2.75) is 10.9 Å². The van der Waals surface area contributed by atoms with Crippen LogP contribution in [0.2, 0.25) is 5.02 Å². The van der Waals surface area contributed by atoms with Gasteiger partial charge >= 0.3 is 0 Å². The fourth-order valence-corrected chi connectivity index (χ4v) is 4.94. The fourth-order valence-electron chi connectivity index (χ4n) is 3.78. The maximum absolute atomic E-state index is 13.6. The molecule has 170 valence electrons. The molecule has 34 heavy (non-hydrogen) atoms. The lowest BCUT2D eigenvalue weighted by atomic mass is 10.2. The molecule has 0 saturated carbocycles. The maximum atomic E-state index is 13.6. The number of ether oxygens (including phenoxy) is 1. The molecule has 0 bridgehead atoms. The molecule has 0 spiro atoms. The van der Waals surface area contributed by atoms with Gasteiger partial charge in [-0.25, -0.2) is 9.97 Å². The highest BCUT2D eigenvalue weighted by Crippen LogP contribution is 2.29. The lowest BCUT2D eigenvalue weighted by molar-refractivity contribution is 0.411. The highest BCUT2D eigenvalue weighted by atomic mass is 35.5. The van der Waals surface area contributed by atoms with Crippen LogP contribution in [0, 0.1) is 0 Å². The molecule has 0 unspecified atom stereocenters. The van der Waals surface area contributed by atoms with Crippen molar-refractivity contribution in [1.29, 1.82) is 0 Å². The van der Waals surface area contributed by atoms with E-state index in [1.807, 2.05) is 30.3 Å². The zero-order chi connectivity index (χ0) is 23.8. The van der Waals surface area contributed by atoms with Crippen LogP contribution >= 0.6 is 23.4 Å². The Bertz CT molecular complexity index is 1680. The zero-order valence-corrected chi connectivity index (χ0v) is 19.9. The van der Waals surface area contributed by atoms with Gasteiger partial charge in [0.25, 0.3) is 11.1 Å². The number of thioether (sulfide) groups is 1. The second-order valence-corrected chi connectivity index (χ2v) is 8.95. The topological polar surface area (TPSA) is 79.0 Å². The van der Waals surface area contributed by atoms with Gasteiger partial charge in [0.05, 0.1) is 40.4 Å². The van der Waals surface area contributed by atoms with Crippen LogP contribution < -0.4 is 15.9 Å². The highest BCUT2D eigenvalue weighted by molar-refractivity contribution is 7.98. The molecule has 0 radical (unpaired) electrons. The van der Waals surface area contributed by atoms with Crippen molar-refractivity contribution in [3.63, 3.8) is 0 Å². The largest absolute Gasteiger partial charge is 0.495 e. The number of nitrogens with zero attached hydrogens (tertiary/aromatic N) is 4. The van der Waals surface area contributed by atoms with E-state index >= 15 is 0 Å². The van der Waals surface area contributed by atoms with Crippen LogP contribution in [0.1, 0.15) is 5.82 Å². The molecule has 0 aliphatic carbocycles. The summed E-state index contributed by atoms with van der Waals surface area (Å²) in [5.41, 5.74) is 1.32. The number of para-hydroxylation sites is 3.